The Labute approximate surface area is 240 Å². The van der Waals surface area contributed by atoms with Crippen LogP contribution in [0.5, 0.6) is 0 Å². The molecule has 0 aliphatic rings. The molecule has 0 saturated carbocycles. The molecule has 8 nitrogen and oxygen atoms in total. The Morgan fingerprint density at radius 3 is 2.05 bits per heavy atom. The van der Waals surface area contributed by atoms with Crippen LogP contribution in [0.1, 0.15) is 15.9 Å². The monoisotopic (exact) mass is 647 g/mol. The van der Waals surface area contributed by atoms with Crippen molar-refractivity contribution in [2.45, 2.75) is 11.4 Å². The largest absolute Gasteiger partial charge is 0.322 e. The lowest BCUT2D eigenvalue weighted by molar-refractivity contribution is 0.102. The standard InChI is InChI=1S/C27H23BrClN3O5S2/c1-38(34,35)32(25-4-2-3-22(29)17-25)18-19-5-7-20(8-6-19)27(33)30-23-13-15-26(16-14-23)39(36,37)31-24-11-9-21(28)10-12-24/h2-17,31H,18H2,1H3,(H,30,33). The molecule has 0 saturated heterocycles. The van der Waals surface area contributed by atoms with Crippen molar-refractivity contribution in [1.29, 1.82) is 0 Å². The van der Waals surface area contributed by atoms with E-state index in [2.05, 4.69) is 26.0 Å². The number of amides is 1. The molecule has 0 aromatic heterocycles. The second kappa shape index (κ2) is 11.8. The molecule has 2 N–H and O–H groups in total. The number of benzene rings is 4. The van der Waals surface area contributed by atoms with Crippen molar-refractivity contribution in [2.75, 3.05) is 20.6 Å². The Morgan fingerprint density at radius 2 is 1.46 bits per heavy atom. The zero-order chi connectivity index (χ0) is 28.2. The molecule has 0 radical (unpaired) electrons. The molecular weight excluding hydrogens is 626 g/mol. The Balaban J connectivity index is 1.42. The predicted octanol–water partition coefficient (Wildman–Crippen LogP) is 6.12. The van der Waals surface area contributed by atoms with Crippen LogP contribution in [0, 0.1) is 0 Å². The van der Waals surface area contributed by atoms with E-state index in [0.29, 0.717) is 33.2 Å². The fraction of sp³-hybridized carbons (Fsp3) is 0.0741. The third kappa shape index (κ3) is 7.60. The van der Waals surface area contributed by atoms with Gasteiger partial charge < -0.3 is 5.32 Å². The summed E-state index contributed by atoms with van der Waals surface area (Å²) in [4.78, 5) is 12.8. The highest BCUT2D eigenvalue weighted by molar-refractivity contribution is 9.10. The van der Waals surface area contributed by atoms with Crippen molar-refractivity contribution in [3.63, 3.8) is 0 Å². The first-order chi connectivity index (χ1) is 18.4. The van der Waals surface area contributed by atoms with E-state index < -0.39 is 26.0 Å². The number of hydrogen-bond donors (Lipinski definition) is 2. The molecule has 0 atom stereocenters. The van der Waals surface area contributed by atoms with Gasteiger partial charge in [-0.1, -0.05) is 45.7 Å². The summed E-state index contributed by atoms with van der Waals surface area (Å²) in [6.07, 6.45) is 1.11. The van der Waals surface area contributed by atoms with Crippen molar-refractivity contribution in [3.8, 4) is 0 Å². The number of hydrogen-bond acceptors (Lipinski definition) is 5. The molecular formula is C27H23BrClN3O5S2. The van der Waals surface area contributed by atoms with Crippen molar-refractivity contribution in [2.24, 2.45) is 0 Å². The van der Waals surface area contributed by atoms with Crippen molar-refractivity contribution >= 4 is 70.5 Å². The van der Waals surface area contributed by atoms with Gasteiger partial charge >= 0.3 is 0 Å². The van der Waals surface area contributed by atoms with Gasteiger partial charge in [-0.15, -0.1) is 0 Å². The number of halogens is 2. The zero-order valence-corrected chi connectivity index (χ0v) is 24.5. The van der Waals surface area contributed by atoms with Crippen LogP contribution in [0.4, 0.5) is 17.1 Å². The van der Waals surface area contributed by atoms with Crippen LogP contribution in [-0.2, 0) is 26.6 Å². The van der Waals surface area contributed by atoms with Gasteiger partial charge in [-0.2, -0.15) is 0 Å². The molecule has 202 valence electrons. The maximum absolute atomic E-state index is 12.7. The van der Waals surface area contributed by atoms with E-state index in [1.807, 2.05) is 0 Å². The second-order valence-electron chi connectivity index (χ2n) is 8.54. The Morgan fingerprint density at radius 1 is 0.846 bits per heavy atom. The van der Waals surface area contributed by atoms with E-state index in [4.69, 9.17) is 11.6 Å². The highest BCUT2D eigenvalue weighted by Crippen LogP contribution is 2.24. The molecule has 12 heteroatoms. The number of carbonyl (C=O) groups excluding carboxylic acids is 1. The molecule has 4 aromatic rings. The summed E-state index contributed by atoms with van der Waals surface area (Å²) in [5, 5.41) is 3.15. The van der Waals surface area contributed by atoms with E-state index in [1.165, 1.54) is 28.6 Å². The SMILES string of the molecule is CS(=O)(=O)N(Cc1ccc(C(=O)Nc2ccc(S(=O)(=O)Nc3ccc(Br)cc3)cc2)cc1)c1cccc(Cl)c1. The number of carbonyl (C=O) groups is 1. The third-order valence-corrected chi connectivity index (χ3v) is 8.86. The summed E-state index contributed by atoms with van der Waals surface area (Å²) in [5.74, 6) is -0.403. The number of nitrogens with zero attached hydrogens (tertiary/aromatic N) is 1. The van der Waals surface area contributed by atoms with Gasteiger partial charge in [0.25, 0.3) is 15.9 Å². The Hall–Kier alpha value is -3.38. The van der Waals surface area contributed by atoms with E-state index in [9.17, 15) is 21.6 Å². The van der Waals surface area contributed by atoms with Crippen LogP contribution in [0.15, 0.2) is 106 Å². The molecule has 4 aromatic carbocycles. The van der Waals surface area contributed by atoms with Crippen LogP contribution in [0.25, 0.3) is 0 Å². The van der Waals surface area contributed by atoms with E-state index in [-0.39, 0.29) is 11.4 Å². The van der Waals surface area contributed by atoms with Crippen molar-refractivity contribution < 1.29 is 21.6 Å². The average molecular weight is 649 g/mol. The minimum absolute atomic E-state index is 0.0444. The lowest BCUT2D eigenvalue weighted by atomic mass is 10.1. The first-order valence-corrected chi connectivity index (χ1v) is 15.9. The van der Waals surface area contributed by atoms with Gasteiger partial charge in [0.2, 0.25) is 10.0 Å². The summed E-state index contributed by atoms with van der Waals surface area (Å²) >= 11 is 9.34. The van der Waals surface area contributed by atoms with E-state index >= 15 is 0 Å². The van der Waals surface area contributed by atoms with Gasteiger partial charge in [0.1, 0.15) is 0 Å². The second-order valence-corrected chi connectivity index (χ2v) is 13.5. The quantitative estimate of drug-likeness (QED) is 0.227. The smallest absolute Gasteiger partial charge is 0.261 e. The molecule has 0 fully saturated rings. The van der Waals surface area contributed by atoms with Gasteiger partial charge in [-0.3, -0.25) is 13.8 Å². The minimum atomic E-state index is -3.80. The number of sulfonamides is 2. The third-order valence-electron chi connectivity index (χ3n) is 5.56. The predicted molar refractivity (Wildman–Crippen MR) is 158 cm³/mol. The lowest BCUT2D eigenvalue weighted by Crippen LogP contribution is -2.29. The number of rotatable bonds is 9. The van der Waals surface area contributed by atoms with Crippen molar-refractivity contribution in [1.82, 2.24) is 0 Å². The average Bonchev–Trinajstić information content (AvgIpc) is 2.88. The summed E-state index contributed by atoms with van der Waals surface area (Å²) in [5.41, 5.74) is 2.29. The van der Waals surface area contributed by atoms with Gasteiger partial charge in [-0.25, -0.2) is 16.8 Å². The molecule has 0 spiro atoms. The Kier molecular flexibility index (Phi) is 8.65. The van der Waals surface area contributed by atoms with Crippen LogP contribution in [-0.4, -0.2) is 29.0 Å². The lowest BCUT2D eigenvalue weighted by Gasteiger charge is -2.22. The topological polar surface area (TPSA) is 113 Å². The molecule has 39 heavy (non-hydrogen) atoms. The van der Waals surface area contributed by atoms with Gasteiger partial charge in [0.15, 0.2) is 0 Å². The first-order valence-electron chi connectivity index (χ1n) is 11.4. The molecule has 0 aliphatic carbocycles. The zero-order valence-electron chi connectivity index (χ0n) is 20.5. The summed E-state index contributed by atoms with van der Waals surface area (Å²) in [7, 11) is -7.39. The van der Waals surface area contributed by atoms with Crippen molar-refractivity contribution in [3.05, 3.63) is 118 Å². The van der Waals surface area contributed by atoms with Crippen LogP contribution in [0.2, 0.25) is 5.02 Å². The fourth-order valence-corrected chi connectivity index (χ4v) is 6.00. The van der Waals surface area contributed by atoms with E-state index in [0.717, 1.165) is 10.7 Å². The highest BCUT2D eigenvalue weighted by atomic mass is 79.9. The van der Waals surface area contributed by atoms with Crippen LogP contribution in [0.3, 0.4) is 0 Å². The summed E-state index contributed by atoms with van der Waals surface area (Å²) in [6.45, 7) is 0.0608. The first kappa shape index (κ1) is 28.6. The van der Waals surface area contributed by atoms with Gasteiger partial charge in [-0.05, 0) is 84.4 Å². The van der Waals surface area contributed by atoms with Gasteiger partial charge in [0, 0.05) is 26.4 Å². The van der Waals surface area contributed by atoms with Gasteiger partial charge in [0.05, 0.1) is 23.4 Å². The maximum atomic E-state index is 12.7. The normalized spacial score (nSPS) is 11.6. The molecule has 0 heterocycles. The maximum Gasteiger partial charge on any atom is 0.261 e. The summed E-state index contributed by atoms with van der Waals surface area (Å²) in [6, 6.07) is 25.6. The molecule has 1 amide bonds. The summed E-state index contributed by atoms with van der Waals surface area (Å²) < 4.78 is 54.7. The van der Waals surface area contributed by atoms with Crippen LogP contribution >= 0.6 is 27.5 Å². The number of nitrogens with one attached hydrogen (secondary N) is 2. The molecule has 0 aliphatic heterocycles. The molecule has 4 rings (SSSR count). The molecule has 0 unspecified atom stereocenters. The highest BCUT2D eigenvalue weighted by Gasteiger charge is 2.19. The molecule has 0 bridgehead atoms. The fourth-order valence-electron chi connectivity index (χ4n) is 3.61. The minimum Gasteiger partial charge on any atom is -0.322 e. The van der Waals surface area contributed by atoms with E-state index in [1.54, 1.807) is 72.8 Å². The Bertz CT molecular complexity index is 1700. The van der Waals surface area contributed by atoms with Crippen LogP contribution < -0.4 is 14.3 Å². The number of anilines is 3.